The summed E-state index contributed by atoms with van der Waals surface area (Å²) in [6, 6.07) is 82.8. The molecule has 70 heavy (non-hydrogen) atoms. The van der Waals surface area contributed by atoms with E-state index in [2.05, 4.69) is 185 Å². The maximum absolute atomic E-state index is 5.76. The minimum absolute atomic E-state index is 0.518. The van der Waals surface area contributed by atoms with E-state index in [-0.39, 0.29) is 0 Å². The van der Waals surface area contributed by atoms with Gasteiger partial charge in [-0.1, -0.05) is 170 Å². The van der Waals surface area contributed by atoms with Crippen molar-refractivity contribution in [1.82, 2.24) is 29.5 Å². The van der Waals surface area contributed by atoms with Crippen molar-refractivity contribution in [1.29, 1.82) is 0 Å². The van der Waals surface area contributed by atoms with Crippen molar-refractivity contribution in [2.75, 3.05) is 4.90 Å². The zero-order valence-corrected chi connectivity index (χ0v) is 37.6. The quantitative estimate of drug-likeness (QED) is 0.117. The Labute approximate surface area is 402 Å². The lowest BCUT2D eigenvalue weighted by Crippen LogP contribution is -2.09. The molecule has 0 spiro atoms. The highest BCUT2D eigenvalue weighted by molar-refractivity contribution is 6.27. The molecule has 0 amide bonds. The van der Waals surface area contributed by atoms with Crippen molar-refractivity contribution in [2.24, 2.45) is 0 Å². The molecule has 11 aromatic carbocycles. The normalized spacial score (nSPS) is 11.7. The van der Waals surface area contributed by atoms with E-state index in [1.807, 2.05) is 60.7 Å². The summed E-state index contributed by atoms with van der Waals surface area (Å²) in [4.78, 5) is 29.2. The molecule has 0 bridgehead atoms. The lowest BCUT2D eigenvalue weighted by molar-refractivity contribution is 0.953. The molecule has 0 aliphatic rings. The first-order valence-corrected chi connectivity index (χ1v) is 23.5. The molecule has 0 saturated heterocycles. The van der Waals surface area contributed by atoms with E-state index >= 15 is 0 Å². The minimum atomic E-state index is 0.518. The molecule has 7 nitrogen and oxygen atoms in total. The molecule has 0 N–H and O–H groups in total. The molecule has 3 heterocycles. The van der Waals surface area contributed by atoms with Crippen molar-refractivity contribution in [3.63, 3.8) is 0 Å². The number of benzene rings is 11. The van der Waals surface area contributed by atoms with Crippen LogP contribution in [0, 0.1) is 0 Å². The Hall–Kier alpha value is -9.59. The maximum atomic E-state index is 5.76. The third-order valence-electron chi connectivity index (χ3n) is 13.6. The second-order valence-electron chi connectivity index (χ2n) is 17.7. The minimum Gasteiger partial charge on any atom is -0.310 e. The van der Waals surface area contributed by atoms with Crippen LogP contribution >= 0.6 is 0 Å². The van der Waals surface area contributed by atoms with E-state index in [0.717, 1.165) is 105 Å². The van der Waals surface area contributed by atoms with Gasteiger partial charge in [-0.25, -0.2) is 15.0 Å². The first-order chi connectivity index (χ1) is 34.7. The van der Waals surface area contributed by atoms with Crippen molar-refractivity contribution in [3.8, 4) is 39.9 Å². The average molecular weight is 894 g/mol. The number of rotatable bonds is 7. The molecule has 0 fully saturated rings. The van der Waals surface area contributed by atoms with Crippen molar-refractivity contribution < 1.29 is 0 Å². The molecular formula is C63H39N7. The fraction of sp³-hybridized carbons (Fsp3) is 0. The number of para-hydroxylation sites is 2. The molecule has 0 aliphatic heterocycles. The zero-order valence-electron chi connectivity index (χ0n) is 37.6. The Morgan fingerprint density at radius 1 is 0.300 bits per heavy atom. The van der Waals surface area contributed by atoms with Crippen molar-refractivity contribution >= 4 is 93.3 Å². The van der Waals surface area contributed by atoms with Gasteiger partial charge in [0.15, 0.2) is 11.6 Å². The number of hydrogen-bond donors (Lipinski definition) is 0. The first-order valence-electron chi connectivity index (χ1n) is 23.5. The standard InChI is InChI=1S/C63H39N7/c1-5-18-41(19-6-1)61-66-62(42-20-7-2-8-21-42)68-63(67-61)70-55-35-31-45(44-30-29-40-17-13-14-22-43(40)37-44)38-53(55)57-56(70)36-34-54-60(57)65-59-51-33-32-48(39-52(51)49-27-15-16-28-50(49)58(59)64-54)69(46-23-9-3-10-24-46)47-25-11-4-12-26-47/h1-39H. The van der Waals surface area contributed by atoms with Crippen LogP contribution in [0.4, 0.5) is 17.1 Å². The monoisotopic (exact) mass is 893 g/mol. The Morgan fingerprint density at radius 2 is 0.857 bits per heavy atom. The fourth-order valence-corrected chi connectivity index (χ4v) is 10.3. The summed E-state index contributed by atoms with van der Waals surface area (Å²) < 4.78 is 2.17. The van der Waals surface area contributed by atoms with Crippen LogP contribution in [0.2, 0.25) is 0 Å². The van der Waals surface area contributed by atoms with Gasteiger partial charge in [-0.15, -0.1) is 0 Å². The lowest BCUT2D eigenvalue weighted by atomic mass is 9.97. The molecule has 0 saturated carbocycles. The van der Waals surface area contributed by atoms with E-state index in [1.54, 1.807) is 0 Å². The summed E-state index contributed by atoms with van der Waals surface area (Å²) in [6.07, 6.45) is 0. The molecule has 0 aliphatic carbocycles. The van der Waals surface area contributed by atoms with Crippen molar-refractivity contribution in [2.45, 2.75) is 0 Å². The molecule has 0 atom stereocenters. The number of nitrogens with zero attached hydrogens (tertiary/aromatic N) is 7. The van der Waals surface area contributed by atoms with Crippen molar-refractivity contribution in [3.05, 3.63) is 237 Å². The van der Waals surface area contributed by atoms with Crippen LogP contribution in [0.5, 0.6) is 0 Å². The molecule has 326 valence electrons. The number of aromatic nitrogens is 6. The number of fused-ring (bicyclic) bond motifs is 12. The molecular weight excluding hydrogens is 855 g/mol. The fourth-order valence-electron chi connectivity index (χ4n) is 10.3. The lowest BCUT2D eigenvalue weighted by Gasteiger charge is -2.26. The van der Waals surface area contributed by atoms with Crippen LogP contribution in [0.3, 0.4) is 0 Å². The van der Waals surface area contributed by atoms with Crippen LogP contribution in [-0.2, 0) is 0 Å². The third-order valence-corrected chi connectivity index (χ3v) is 13.6. The van der Waals surface area contributed by atoms with E-state index in [0.29, 0.717) is 17.6 Å². The summed E-state index contributed by atoms with van der Waals surface area (Å²) >= 11 is 0. The highest BCUT2D eigenvalue weighted by Crippen LogP contribution is 2.43. The number of anilines is 3. The third kappa shape index (κ3) is 6.48. The molecule has 3 aromatic heterocycles. The van der Waals surface area contributed by atoms with Crippen LogP contribution in [0.25, 0.3) is 116 Å². The van der Waals surface area contributed by atoms with Gasteiger partial charge in [0.25, 0.3) is 0 Å². The van der Waals surface area contributed by atoms with Crippen LogP contribution < -0.4 is 4.90 Å². The summed E-state index contributed by atoms with van der Waals surface area (Å²) in [5, 5.41) is 8.70. The van der Waals surface area contributed by atoms with Crippen LogP contribution in [0.1, 0.15) is 0 Å². The molecule has 0 radical (unpaired) electrons. The van der Waals surface area contributed by atoms with Gasteiger partial charge in [-0.2, -0.15) is 9.97 Å². The zero-order chi connectivity index (χ0) is 46.1. The Bertz CT molecular complexity index is 4250. The Kier molecular flexibility index (Phi) is 9.07. The van der Waals surface area contributed by atoms with Crippen LogP contribution in [0.15, 0.2) is 237 Å². The summed E-state index contributed by atoms with van der Waals surface area (Å²) in [5.41, 5.74) is 12.4. The van der Waals surface area contributed by atoms with E-state index in [1.165, 1.54) is 10.8 Å². The first kappa shape index (κ1) is 39.6. The summed E-state index contributed by atoms with van der Waals surface area (Å²) in [6.45, 7) is 0. The van der Waals surface area contributed by atoms with Gasteiger partial charge in [0, 0.05) is 49.7 Å². The maximum Gasteiger partial charge on any atom is 0.238 e. The highest BCUT2D eigenvalue weighted by Gasteiger charge is 2.23. The molecule has 14 rings (SSSR count). The van der Waals surface area contributed by atoms with Gasteiger partial charge < -0.3 is 4.90 Å². The average Bonchev–Trinajstić information content (AvgIpc) is 3.78. The topological polar surface area (TPSA) is 72.6 Å². The van der Waals surface area contributed by atoms with Gasteiger partial charge in [0.1, 0.15) is 0 Å². The van der Waals surface area contributed by atoms with Gasteiger partial charge in [-0.05, 0) is 99.4 Å². The second-order valence-corrected chi connectivity index (χ2v) is 17.7. The Balaban J connectivity index is 1.06. The van der Waals surface area contributed by atoms with Crippen LogP contribution in [-0.4, -0.2) is 29.5 Å². The SMILES string of the molecule is c1ccc(-c2nc(-c3ccccc3)nc(-n3c4ccc(-c5ccc6ccccc6c5)cc4c4c5nc6c7ccc(N(c8ccccc8)c8ccccc8)cc7c7ccccc7c6nc5ccc43)n2)cc1. The van der Waals surface area contributed by atoms with Gasteiger partial charge in [-0.3, -0.25) is 4.57 Å². The van der Waals surface area contributed by atoms with Gasteiger partial charge in [0.2, 0.25) is 5.95 Å². The molecule has 7 heteroatoms. The summed E-state index contributed by atoms with van der Waals surface area (Å²) in [5.74, 6) is 1.70. The predicted octanol–water partition coefficient (Wildman–Crippen LogP) is 16.0. The number of hydrogen-bond acceptors (Lipinski definition) is 6. The molecule has 14 aromatic rings. The molecule has 0 unspecified atom stereocenters. The Morgan fingerprint density at radius 3 is 1.56 bits per heavy atom. The van der Waals surface area contributed by atoms with E-state index in [4.69, 9.17) is 24.9 Å². The predicted molar refractivity (Wildman–Crippen MR) is 288 cm³/mol. The highest BCUT2D eigenvalue weighted by atomic mass is 15.2. The summed E-state index contributed by atoms with van der Waals surface area (Å²) in [7, 11) is 0. The van der Waals surface area contributed by atoms with Gasteiger partial charge >= 0.3 is 0 Å². The largest absolute Gasteiger partial charge is 0.310 e. The van der Waals surface area contributed by atoms with Gasteiger partial charge in [0.05, 0.1) is 33.1 Å². The van der Waals surface area contributed by atoms with E-state index < -0.39 is 0 Å². The second kappa shape index (κ2) is 16.0. The van der Waals surface area contributed by atoms with E-state index in [9.17, 15) is 0 Å². The smallest absolute Gasteiger partial charge is 0.238 e.